The van der Waals surface area contributed by atoms with E-state index in [2.05, 4.69) is 21.2 Å². The highest BCUT2D eigenvalue weighted by Crippen LogP contribution is 2.58. The Morgan fingerprint density at radius 1 is 0.825 bits per heavy atom. The van der Waals surface area contributed by atoms with Crippen LogP contribution in [0.25, 0.3) is 6.08 Å². The van der Waals surface area contributed by atoms with Crippen molar-refractivity contribution in [2.45, 2.75) is 17.5 Å². The van der Waals surface area contributed by atoms with Crippen LogP contribution in [0.1, 0.15) is 31.8 Å². The molecule has 196 valence electrons. The number of benzene rings is 4. The first-order chi connectivity index (χ1) is 19.4. The average molecular weight is 593 g/mol. The first-order valence-corrected chi connectivity index (χ1v) is 13.8. The number of para-hydroxylation sites is 2. The van der Waals surface area contributed by atoms with Crippen molar-refractivity contribution in [2.24, 2.45) is 5.92 Å². The van der Waals surface area contributed by atoms with Crippen molar-refractivity contribution < 1.29 is 18.8 Å². The molecule has 3 heterocycles. The molecule has 4 aromatic rings. The van der Waals surface area contributed by atoms with Crippen molar-refractivity contribution in [1.82, 2.24) is 0 Å². The quantitative estimate of drug-likeness (QED) is 0.277. The summed E-state index contributed by atoms with van der Waals surface area (Å²) in [5.41, 5.74) is 2.03. The minimum absolute atomic E-state index is 0.260. The summed E-state index contributed by atoms with van der Waals surface area (Å²) in [7, 11) is 0. The topological polar surface area (TPSA) is 66.5 Å². The molecule has 3 aliphatic rings. The third-order valence-corrected chi connectivity index (χ3v) is 8.86. The molecule has 5 nitrogen and oxygen atoms in total. The summed E-state index contributed by atoms with van der Waals surface area (Å²) in [5.74, 6) is -2.40. The van der Waals surface area contributed by atoms with Gasteiger partial charge in [-0.25, -0.2) is 4.39 Å². The number of carbonyl (C=O) groups is 3. The van der Waals surface area contributed by atoms with Crippen LogP contribution >= 0.6 is 15.9 Å². The number of carbonyl (C=O) groups excluding carboxylic acids is 3. The summed E-state index contributed by atoms with van der Waals surface area (Å²) < 4.78 is 14.7. The number of halogens is 2. The van der Waals surface area contributed by atoms with E-state index in [-0.39, 0.29) is 17.1 Å². The number of rotatable bonds is 4. The SMILES string of the molecule is O=C(c1ccc(Br)cc1)[C@@H]1N2c3ccccc3C=C[C@@H]2[C@H](C(=O)c2ccc(F)cc2)[C@]12C(=O)Nc1ccccc12. The number of fused-ring (bicyclic) bond motifs is 5. The predicted octanol–water partition coefficient (Wildman–Crippen LogP) is 6.44. The van der Waals surface area contributed by atoms with Gasteiger partial charge in [-0.15, -0.1) is 0 Å². The molecule has 1 N–H and O–H groups in total. The molecule has 0 radical (unpaired) electrons. The predicted molar refractivity (Wildman–Crippen MR) is 155 cm³/mol. The Balaban J connectivity index is 1.53. The maximum atomic E-state index is 14.7. The maximum absolute atomic E-state index is 14.7. The number of ketones is 2. The van der Waals surface area contributed by atoms with Gasteiger partial charge in [-0.05, 0) is 59.7 Å². The molecule has 4 aromatic carbocycles. The molecule has 0 unspecified atom stereocenters. The fourth-order valence-corrected chi connectivity index (χ4v) is 6.97. The molecule has 7 rings (SSSR count). The Kier molecular flexibility index (Phi) is 5.61. The fourth-order valence-electron chi connectivity index (χ4n) is 6.70. The fraction of sp³-hybridized carbons (Fsp3) is 0.121. The van der Waals surface area contributed by atoms with Crippen LogP contribution in [0.15, 0.2) is 108 Å². The summed E-state index contributed by atoms with van der Waals surface area (Å²) in [6.45, 7) is 0. The lowest BCUT2D eigenvalue weighted by Gasteiger charge is -2.37. The molecule has 1 amide bonds. The summed E-state index contributed by atoms with van der Waals surface area (Å²) in [5, 5.41) is 2.99. The van der Waals surface area contributed by atoms with Crippen molar-refractivity contribution in [3.63, 3.8) is 0 Å². The lowest BCUT2D eigenvalue weighted by atomic mass is 9.63. The largest absolute Gasteiger partial charge is 0.352 e. The molecule has 1 spiro atoms. The van der Waals surface area contributed by atoms with Gasteiger partial charge < -0.3 is 10.2 Å². The van der Waals surface area contributed by atoms with E-state index in [1.165, 1.54) is 24.3 Å². The molecule has 0 aromatic heterocycles. The Morgan fingerprint density at radius 2 is 1.48 bits per heavy atom. The third-order valence-electron chi connectivity index (χ3n) is 8.34. The van der Waals surface area contributed by atoms with Crippen LogP contribution in [0.3, 0.4) is 0 Å². The van der Waals surface area contributed by atoms with Gasteiger partial charge in [0.1, 0.15) is 17.3 Å². The van der Waals surface area contributed by atoms with Crippen molar-refractivity contribution in [3.05, 3.63) is 136 Å². The molecule has 7 heteroatoms. The zero-order chi connectivity index (χ0) is 27.6. The number of anilines is 2. The van der Waals surface area contributed by atoms with Crippen LogP contribution in [-0.4, -0.2) is 29.6 Å². The molecular formula is C33H22BrFN2O3. The molecule has 0 saturated carbocycles. The van der Waals surface area contributed by atoms with Gasteiger partial charge in [-0.3, -0.25) is 14.4 Å². The van der Waals surface area contributed by atoms with Crippen molar-refractivity contribution in [1.29, 1.82) is 0 Å². The summed E-state index contributed by atoms with van der Waals surface area (Å²) in [6.07, 6.45) is 3.86. The minimum atomic E-state index is -1.54. The maximum Gasteiger partial charge on any atom is 0.238 e. The van der Waals surface area contributed by atoms with Crippen LogP contribution < -0.4 is 10.2 Å². The normalized spacial score (nSPS) is 23.9. The van der Waals surface area contributed by atoms with Crippen LogP contribution in [0.5, 0.6) is 0 Å². The minimum Gasteiger partial charge on any atom is -0.352 e. The zero-order valence-corrected chi connectivity index (χ0v) is 22.6. The van der Waals surface area contributed by atoms with Crippen LogP contribution in [0.4, 0.5) is 15.8 Å². The van der Waals surface area contributed by atoms with E-state index in [4.69, 9.17) is 0 Å². The number of hydrogen-bond acceptors (Lipinski definition) is 4. The second-order valence-electron chi connectivity index (χ2n) is 10.3. The average Bonchev–Trinajstić information content (AvgIpc) is 3.45. The number of amides is 1. The van der Waals surface area contributed by atoms with Crippen molar-refractivity contribution >= 4 is 50.9 Å². The molecule has 40 heavy (non-hydrogen) atoms. The lowest BCUT2D eigenvalue weighted by Crippen LogP contribution is -2.55. The van der Waals surface area contributed by atoms with Crippen molar-refractivity contribution in [3.8, 4) is 0 Å². The second kappa shape index (κ2) is 9.10. The van der Waals surface area contributed by atoms with E-state index in [1.54, 1.807) is 30.3 Å². The molecule has 4 atom stereocenters. The number of nitrogens with one attached hydrogen (secondary N) is 1. The van der Waals surface area contributed by atoms with Gasteiger partial charge in [0.2, 0.25) is 5.91 Å². The van der Waals surface area contributed by atoms with Crippen LogP contribution in [0, 0.1) is 11.7 Å². The molecule has 3 aliphatic heterocycles. The van der Waals surface area contributed by atoms with Gasteiger partial charge >= 0.3 is 0 Å². The molecule has 0 aliphatic carbocycles. The number of hydrogen-bond donors (Lipinski definition) is 1. The van der Waals surface area contributed by atoms with E-state index in [9.17, 15) is 18.8 Å². The van der Waals surface area contributed by atoms with E-state index < -0.39 is 35.1 Å². The first-order valence-electron chi connectivity index (χ1n) is 13.0. The van der Waals surface area contributed by atoms with Gasteiger partial charge in [-0.1, -0.05) is 76.6 Å². The first kappa shape index (κ1) is 24.7. The molecular weight excluding hydrogens is 571 g/mol. The second-order valence-corrected chi connectivity index (χ2v) is 11.2. The summed E-state index contributed by atoms with van der Waals surface area (Å²) in [6, 6.07) is 25.7. The highest BCUT2D eigenvalue weighted by molar-refractivity contribution is 9.10. The molecule has 1 fully saturated rings. The molecule has 1 saturated heterocycles. The van der Waals surface area contributed by atoms with Gasteiger partial charge in [0, 0.05) is 27.0 Å². The van der Waals surface area contributed by atoms with Gasteiger partial charge in [0.25, 0.3) is 0 Å². The van der Waals surface area contributed by atoms with E-state index in [1.807, 2.05) is 59.5 Å². The number of nitrogens with zero attached hydrogens (tertiary/aromatic N) is 1. The zero-order valence-electron chi connectivity index (χ0n) is 21.1. The van der Waals surface area contributed by atoms with E-state index in [0.717, 1.165) is 15.7 Å². The highest BCUT2D eigenvalue weighted by Gasteiger charge is 2.70. The van der Waals surface area contributed by atoms with Crippen molar-refractivity contribution in [2.75, 3.05) is 10.2 Å². The Hall–Kier alpha value is -4.36. The Morgan fingerprint density at radius 3 is 2.25 bits per heavy atom. The molecule has 0 bridgehead atoms. The van der Waals surface area contributed by atoms with Gasteiger partial charge in [0.05, 0.1) is 12.0 Å². The van der Waals surface area contributed by atoms with Gasteiger partial charge in [-0.2, -0.15) is 0 Å². The standard InChI is InChI=1S/C33H22BrFN2O3/c34-22-14-9-21(10-15-22)30(39)31-33(24-6-2-3-7-25(24)36-32(33)40)28(29(38)20-11-16-23(35)17-12-20)27-18-13-19-5-1-4-8-26(19)37(27)31/h1-18,27-28,31H,(H,36,40)/t27-,28-,31+,33+/m1/s1. The van der Waals surface area contributed by atoms with E-state index >= 15 is 0 Å². The smallest absolute Gasteiger partial charge is 0.238 e. The van der Waals surface area contributed by atoms with Gasteiger partial charge in [0.15, 0.2) is 11.6 Å². The monoisotopic (exact) mass is 592 g/mol. The van der Waals surface area contributed by atoms with Crippen LogP contribution in [-0.2, 0) is 10.2 Å². The summed E-state index contributed by atoms with van der Waals surface area (Å²) >= 11 is 3.44. The van der Waals surface area contributed by atoms with Crippen LogP contribution in [0.2, 0.25) is 0 Å². The third kappa shape index (κ3) is 3.40. The number of Topliss-reactive ketones (excluding diaryl/α,β-unsaturated/α-hetero) is 2. The summed E-state index contributed by atoms with van der Waals surface area (Å²) in [4.78, 5) is 45.5. The van der Waals surface area contributed by atoms with E-state index in [0.29, 0.717) is 16.8 Å². The Bertz CT molecular complexity index is 1730. The lowest BCUT2D eigenvalue weighted by molar-refractivity contribution is -0.121. The highest BCUT2D eigenvalue weighted by atomic mass is 79.9. The Labute approximate surface area is 238 Å².